The van der Waals surface area contributed by atoms with E-state index in [1.165, 1.54) is 22.6 Å². The van der Waals surface area contributed by atoms with E-state index < -0.39 is 0 Å². The summed E-state index contributed by atoms with van der Waals surface area (Å²) >= 11 is 1.94. The lowest BCUT2D eigenvalue weighted by Gasteiger charge is -2.05. The van der Waals surface area contributed by atoms with Crippen LogP contribution in [0.1, 0.15) is 25.3 Å². The van der Waals surface area contributed by atoms with E-state index in [1.54, 1.807) is 7.11 Å². The Morgan fingerprint density at radius 3 is 2.94 bits per heavy atom. The van der Waals surface area contributed by atoms with Crippen LogP contribution in [0, 0.1) is 0 Å². The molecule has 0 amide bonds. The third-order valence-electron chi connectivity index (χ3n) is 2.49. The number of ether oxygens (including phenoxy) is 1. The van der Waals surface area contributed by atoms with E-state index in [0.717, 1.165) is 26.1 Å². The average molecular weight is 253 g/mol. The van der Waals surface area contributed by atoms with Gasteiger partial charge in [0.15, 0.2) is 0 Å². The summed E-state index contributed by atoms with van der Waals surface area (Å²) in [5.74, 6) is 1.17. The molecule has 0 saturated carbocycles. The van der Waals surface area contributed by atoms with E-state index in [-0.39, 0.29) is 0 Å². The summed E-state index contributed by atoms with van der Waals surface area (Å²) in [4.78, 5) is 1.37. The second-order valence-electron chi connectivity index (χ2n) is 3.98. The molecule has 0 unspecified atom stereocenters. The van der Waals surface area contributed by atoms with Crippen LogP contribution in [0.15, 0.2) is 29.2 Å². The predicted octanol–water partition coefficient (Wildman–Crippen LogP) is 3.31. The minimum Gasteiger partial charge on any atom is -0.385 e. The van der Waals surface area contributed by atoms with Crippen molar-refractivity contribution in [2.75, 3.05) is 26.0 Å². The first-order valence-electron chi connectivity index (χ1n) is 6.28. The summed E-state index contributed by atoms with van der Waals surface area (Å²) in [5.41, 5.74) is 1.37. The number of thioether (sulfide) groups is 1. The van der Waals surface area contributed by atoms with Gasteiger partial charge in [-0.15, -0.1) is 11.8 Å². The number of hydrogen-bond donors (Lipinski definition) is 1. The maximum Gasteiger partial charge on any atom is 0.0462 e. The molecule has 0 bridgehead atoms. The molecule has 0 aliphatic carbocycles. The molecular formula is C14H23NOS. The van der Waals surface area contributed by atoms with Crippen molar-refractivity contribution in [1.29, 1.82) is 0 Å². The molecule has 0 saturated heterocycles. The molecule has 1 N–H and O–H groups in total. The molecule has 3 heteroatoms. The van der Waals surface area contributed by atoms with Gasteiger partial charge >= 0.3 is 0 Å². The van der Waals surface area contributed by atoms with Crippen LogP contribution in [0.5, 0.6) is 0 Å². The van der Waals surface area contributed by atoms with Crippen molar-refractivity contribution < 1.29 is 4.74 Å². The molecule has 0 spiro atoms. The Balaban J connectivity index is 2.27. The van der Waals surface area contributed by atoms with Crippen molar-refractivity contribution in [1.82, 2.24) is 5.32 Å². The number of nitrogens with one attached hydrogen (secondary N) is 1. The van der Waals surface area contributed by atoms with E-state index in [4.69, 9.17) is 4.74 Å². The van der Waals surface area contributed by atoms with E-state index in [9.17, 15) is 0 Å². The summed E-state index contributed by atoms with van der Waals surface area (Å²) in [6, 6.07) is 8.79. The molecule has 0 radical (unpaired) electrons. The summed E-state index contributed by atoms with van der Waals surface area (Å²) in [6.45, 7) is 5.00. The molecular weight excluding hydrogens is 230 g/mol. The zero-order valence-corrected chi connectivity index (χ0v) is 11.7. The Hall–Kier alpha value is -0.510. The lowest BCUT2D eigenvalue weighted by Crippen LogP contribution is -2.11. The number of unbranched alkanes of at least 4 members (excludes halogenated alkanes) is 1. The molecule has 0 aliphatic heterocycles. The van der Waals surface area contributed by atoms with Gasteiger partial charge < -0.3 is 10.1 Å². The summed E-state index contributed by atoms with van der Waals surface area (Å²) < 4.78 is 5.04. The van der Waals surface area contributed by atoms with Crippen LogP contribution in [0.3, 0.4) is 0 Å². The van der Waals surface area contributed by atoms with E-state index >= 15 is 0 Å². The molecule has 1 aromatic rings. The summed E-state index contributed by atoms with van der Waals surface area (Å²) in [6.07, 6.45) is 2.37. The van der Waals surface area contributed by atoms with Gasteiger partial charge in [-0.3, -0.25) is 0 Å². The molecule has 2 nitrogen and oxygen atoms in total. The van der Waals surface area contributed by atoms with Crippen molar-refractivity contribution in [2.24, 2.45) is 0 Å². The van der Waals surface area contributed by atoms with E-state index in [0.29, 0.717) is 0 Å². The topological polar surface area (TPSA) is 21.3 Å². The fourth-order valence-corrected chi connectivity index (χ4v) is 2.55. The largest absolute Gasteiger partial charge is 0.385 e. The predicted molar refractivity (Wildman–Crippen MR) is 75.7 cm³/mol. The second-order valence-corrected chi connectivity index (χ2v) is 5.14. The van der Waals surface area contributed by atoms with Crippen molar-refractivity contribution in [3.05, 3.63) is 29.8 Å². The summed E-state index contributed by atoms with van der Waals surface area (Å²) in [5, 5.41) is 3.35. The Kier molecular flexibility index (Phi) is 8.14. The molecule has 0 aliphatic rings. The molecule has 0 heterocycles. The Morgan fingerprint density at radius 2 is 2.18 bits per heavy atom. The molecule has 17 heavy (non-hydrogen) atoms. The minimum absolute atomic E-state index is 0.876. The van der Waals surface area contributed by atoms with Crippen molar-refractivity contribution in [3.8, 4) is 0 Å². The number of methoxy groups -OCH3 is 1. The van der Waals surface area contributed by atoms with Gasteiger partial charge in [-0.2, -0.15) is 0 Å². The van der Waals surface area contributed by atoms with Gasteiger partial charge in [0.2, 0.25) is 0 Å². The number of benzene rings is 1. The Morgan fingerprint density at radius 1 is 1.29 bits per heavy atom. The minimum atomic E-state index is 0.876. The van der Waals surface area contributed by atoms with Gasteiger partial charge in [-0.25, -0.2) is 0 Å². The number of rotatable bonds is 9. The third-order valence-corrected chi connectivity index (χ3v) is 3.57. The Labute approximate surface area is 109 Å². The first kappa shape index (κ1) is 14.6. The zero-order valence-electron chi connectivity index (χ0n) is 10.9. The van der Waals surface area contributed by atoms with Crippen LogP contribution >= 0.6 is 11.8 Å². The SMILES string of the molecule is CCNCc1cccc(SCCCCOC)c1. The van der Waals surface area contributed by atoms with Gasteiger partial charge in [0, 0.05) is 25.2 Å². The van der Waals surface area contributed by atoms with Crippen LogP contribution in [0.2, 0.25) is 0 Å². The molecule has 0 aromatic heterocycles. The standard InChI is InChI=1S/C14H23NOS/c1-3-15-12-13-7-6-8-14(11-13)17-10-5-4-9-16-2/h6-8,11,15H,3-5,9-10,12H2,1-2H3. The highest BCUT2D eigenvalue weighted by Crippen LogP contribution is 2.20. The highest BCUT2D eigenvalue weighted by Gasteiger charge is 1.97. The molecule has 1 aromatic carbocycles. The fraction of sp³-hybridized carbons (Fsp3) is 0.571. The third kappa shape index (κ3) is 6.71. The second kappa shape index (κ2) is 9.51. The first-order valence-corrected chi connectivity index (χ1v) is 7.26. The van der Waals surface area contributed by atoms with E-state index in [2.05, 4.69) is 36.5 Å². The highest BCUT2D eigenvalue weighted by molar-refractivity contribution is 7.99. The van der Waals surface area contributed by atoms with Crippen molar-refractivity contribution in [3.63, 3.8) is 0 Å². The van der Waals surface area contributed by atoms with Gasteiger partial charge in [0.1, 0.15) is 0 Å². The first-order chi connectivity index (χ1) is 8.36. The fourth-order valence-electron chi connectivity index (χ4n) is 1.55. The summed E-state index contributed by atoms with van der Waals surface area (Å²) in [7, 11) is 1.76. The lowest BCUT2D eigenvalue weighted by molar-refractivity contribution is 0.194. The normalized spacial score (nSPS) is 10.7. The molecule has 0 fully saturated rings. The lowest BCUT2D eigenvalue weighted by atomic mass is 10.2. The van der Waals surface area contributed by atoms with Crippen LogP contribution < -0.4 is 5.32 Å². The molecule has 96 valence electrons. The van der Waals surface area contributed by atoms with Crippen molar-refractivity contribution >= 4 is 11.8 Å². The van der Waals surface area contributed by atoms with E-state index in [1.807, 2.05) is 11.8 Å². The van der Waals surface area contributed by atoms with Gasteiger partial charge in [0.05, 0.1) is 0 Å². The molecule has 1 rings (SSSR count). The van der Waals surface area contributed by atoms with Crippen molar-refractivity contribution in [2.45, 2.75) is 31.2 Å². The average Bonchev–Trinajstić information content (AvgIpc) is 2.37. The van der Waals surface area contributed by atoms with Crippen LogP contribution in [0.4, 0.5) is 0 Å². The molecule has 0 atom stereocenters. The van der Waals surface area contributed by atoms with Gasteiger partial charge in [-0.05, 0) is 42.8 Å². The monoisotopic (exact) mass is 253 g/mol. The quantitative estimate of drug-likeness (QED) is 0.539. The highest BCUT2D eigenvalue weighted by atomic mass is 32.2. The van der Waals surface area contributed by atoms with Crippen LogP contribution in [-0.2, 0) is 11.3 Å². The van der Waals surface area contributed by atoms with Crippen LogP contribution in [0.25, 0.3) is 0 Å². The Bertz CT molecular complexity index is 304. The van der Waals surface area contributed by atoms with Gasteiger partial charge in [-0.1, -0.05) is 19.1 Å². The smallest absolute Gasteiger partial charge is 0.0462 e. The number of hydrogen-bond acceptors (Lipinski definition) is 3. The zero-order chi connectivity index (χ0) is 12.3. The van der Waals surface area contributed by atoms with Gasteiger partial charge in [0.25, 0.3) is 0 Å². The maximum absolute atomic E-state index is 5.04. The van der Waals surface area contributed by atoms with Crippen LogP contribution in [-0.4, -0.2) is 26.0 Å². The maximum atomic E-state index is 5.04.